The minimum Gasteiger partial charge on any atom is -0.354 e. The Labute approximate surface area is 166 Å². The van der Waals surface area contributed by atoms with Gasteiger partial charge in [-0.05, 0) is 44.1 Å². The molecule has 9 heteroatoms. The molecule has 0 aromatic carbocycles. The molecule has 2 heterocycles. The third-order valence-corrected chi connectivity index (χ3v) is 4.92. The van der Waals surface area contributed by atoms with Crippen molar-refractivity contribution < 1.29 is 4.79 Å². The van der Waals surface area contributed by atoms with Crippen LogP contribution in [0, 0.1) is 17.2 Å². The summed E-state index contributed by atoms with van der Waals surface area (Å²) in [4.78, 5) is 22.3. The van der Waals surface area contributed by atoms with E-state index < -0.39 is 0 Å². The number of carbonyl (C=O) groups excluding carboxylic acids is 1. The molecule has 7 nitrogen and oxygen atoms in total. The number of nitrogens with zero attached hydrogens (tertiary/aromatic N) is 4. The zero-order valence-corrected chi connectivity index (χ0v) is 16.3. The Morgan fingerprint density at radius 3 is 2.77 bits per heavy atom. The molecule has 3 rings (SSSR count). The molecule has 1 saturated carbocycles. The van der Waals surface area contributed by atoms with Crippen molar-refractivity contribution in [1.29, 1.82) is 5.26 Å². The number of halogens is 2. The molecule has 26 heavy (non-hydrogen) atoms. The van der Waals surface area contributed by atoms with E-state index in [1.165, 1.54) is 0 Å². The van der Waals surface area contributed by atoms with Gasteiger partial charge in [0.25, 0.3) is 0 Å². The Hall–Kier alpha value is -1.62. The summed E-state index contributed by atoms with van der Waals surface area (Å²) in [5.41, 5.74) is 0. The second kappa shape index (κ2) is 11.2. The quantitative estimate of drug-likeness (QED) is 0.758. The zero-order valence-electron chi connectivity index (χ0n) is 14.6. The molecule has 2 aliphatic rings. The third-order valence-electron chi connectivity index (χ3n) is 4.92. The molecule has 1 aliphatic heterocycles. The molecule has 1 aliphatic carbocycles. The maximum Gasteiger partial charge on any atom is 0.237 e. The molecule has 144 valence electrons. The predicted molar refractivity (Wildman–Crippen MR) is 104 cm³/mol. The second-order valence-corrected chi connectivity index (χ2v) is 6.58. The van der Waals surface area contributed by atoms with Crippen molar-refractivity contribution in [2.75, 3.05) is 25.0 Å². The van der Waals surface area contributed by atoms with Crippen LogP contribution in [0.15, 0.2) is 18.5 Å². The normalized spacial score (nSPS) is 24.3. The van der Waals surface area contributed by atoms with Gasteiger partial charge in [0.2, 0.25) is 11.9 Å². The molecule has 0 bridgehead atoms. The number of carbonyl (C=O) groups is 1. The summed E-state index contributed by atoms with van der Waals surface area (Å²) in [7, 11) is 0. The number of amides is 1. The molecule has 0 spiro atoms. The third kappa shape index (κ3) is 5.97. The minimum absolute atomic E-state index is 0. The lowest BCUT2D eigenvalue weighted by Crippen LogP contribution is -2.43. The van der Waals surface area contributed by atoms with Gasteiger partial charge in [0.1, 0.15) is 6.04 Å². The number of anilines is 1. The van der Waals surface area contributed by atoms with E-state index in [1.54, 1.807) is 23.4 Å². The first-order chi connectivity index (χ1) is 11.8. The Morgan fingerprint density at radius 2 is 2.04 bits per heavy atom. The maximum absolute atomic E-state index is 12.2. The van der Waals surface area contributed by atoms with E-state index >= 15 is 0 Å². The summed E-state index contributed by atoms with van der Waals surface area (Å²) >= 11 is 0. The smallest absolute Gasteiger partial charge is 0.237 e. The average Bonchev–Trinajstić information content (AvgIpc) is 3.28. The molecule has 2 N–H and O–H groups in total. The highest BCUT2D eigenvalue weighted by molar-refractivity contribution is 5.85. The Balaban J connectivity index is 0.00000169. The van der Waals surface area contributed by atoms with Crippen molar-refractivity contribution in [3.8, 4) is 6.07 Å². The summed E-state index contributed by atoms with van der Waals surface area (Å²) in [6.07, 6.45) is 8.46. The van der Waals surface area contributed by atoms with Crippen molar-refractivity contribution in [3.63, 3.8) is 0 Å². The van der Waals surface area contributed by atoms with Crippen LogP contribution in [0.1, 0.15) is 32.1 Å². The molecule has 1 amide bonds. The lowest BCUT2D eigenvalue weighted by Gasteiger charge is -2.21. The lowest BCUT2D eigenvalue weighted by molar-refractivity contribution is -0.130. The van der Waals surface area contributed by atoms with Gasteiger partial charge in [0.15, 0.2) is 0 Å². The minimum atomic E-state index is -0.231. The van der Waals surface area contributed by atoms with Crippen LogP contribution in [0.2, 0.25) is 0 Å². The fourth-order valence-corrected chi connectivity index (χ4v) is 3.60. The summed E-state index contributed by atoms with van der Waals surface area (Å²) in [6, 6.07) is 4.16. The molecule has 1 aromatic rings. The summed E-state index contributed by atoms with van der Waals surface area (Å²) in [6.45, 7) is 1.91. The fraction of sp³-hybridized carbons (Fsp3) is 0.647. The van der Waals surface area contributed by atoms with Gasteiger partial charge in [-0.2, -0.15) is 5.26 Å². The van der Waals surface area contributed by atoms with E-state index in [9.17, 15) is 4.79 Å². The van der Waals surface area contributed by atoms with Crippen LogP contribution in [-0.2, 0) is 4.79 Å². The Bertz CT molecular complexity index is 597. The standard InChI is InChI=1S/C17H24N6O.2ClH/c18-10-15-3-1-8-23(15)16(24)12-21-14-5-4-13(9-14)11-22-17-19-6-2-7-20-17;;/h2,6-7,13-15,21H,1,3-5,8-9,11-12H2,(H,19,20,22);2*1H/t13?,14?,15-;;/m0../s1. The Morgan fingerprint density at radius 1 is 1.27 bits per heavy atom. The summed E-state index contributed by atoms with van der Waals surface area (Å²) in [5, 5.41) is 15.7. The van der Waals surface area contributed by atoms with Gasteiger partial charge in [0, 0.05) is 31.5 Å². The van der Waals surface area contributed by atoms with E-state index in [2.05, 4.69) is 26.7 Å². The Kier molecular flexibility index (Phi) is 9.63. The molecule has 3 atom stereocenters. The van der Waals surface area contributed by atoms with Crippen molar-refractivity contribution in [1.82, 2.24) is 20.2 Å². The van der Waals surface area contributed by atoms with E-state index in [0.717, 1.165) is 38.6 Å². The fourth-order valence-electron chi connectivity index (χ4n) is 3.60. The number of nitriles is 1. The van der Waals surface area contributed by atoms with E-state index in [1.807, 2.05) is 0 Å². The van der Waals surface area contributed by atoms with Crippen molar-refractivity contribution in [2.45, 2.75) is 44.2 Å². The number of hydrogen-bond donors (Lipinski definition) is 2. The highest BCUT2D eigenvalue weighted by atomic mass is 35.5. The number of hydrogen-bond acceptors (Lipinski definition) is 6. The van der Waals surface area contributed by atoms with Gasteiger partial charge in [0.05, 0.1) is 12.6 Å². The lowest BCUT2D eigenvalue weighted by atomic mass is 10.1. The number of rotatable bonds is 6. The van der Waals surface area contributed by atoms with Gasteiger partial charge in [-0.1, -0.05) is 0 Å². The number of nitrogens with one attached hydrogen (secondary N) is 2. The molecule has 2 fully saturated rings. The van der Waals surface area contributed by atoms with Crippen molar-refractivity contribution in [3.05, 3.63) is 18.5 Å². The monoisotopic (exact) mass is 400 g/mol. The van der Waals surface area contributed by atoms with E-state index in [-0.39, 0.29) is 36.8 Å². The van der Waals surface area contributed by atoms with Crippen molar-refractivity contribution in [2.24, 2.45) is 5.92 Å². The van der Waals surface area contributed by atoms with Gasteiger partial charge in [-0.3, -0.25) is 4.79 Å². The van der Waals surface area contributed by atoms with Crippen LogP contribution in [0.25, 0.3) is 0 Å². The molecule has 0 radical (unpaired) electrons. The molecule has 1 saturated heterocycles. The van der Waals surface area contributed by atoms with E-state index in [4.69, 9.17) is 5.26 Å². The first kappa shape index (κ1) is 22.4. The van der Waals surface area contributed by atoms with Gasteiger partial charge < -0.3 is 15.5 Å². The van der Waals surface area contributed by atoms with Crippen LogP contribution >= 0.6 is 24.8 Å². The summed E-state index contributed by atoms with van der Waals surface area (Å²) < 4.78 is 0. The number of likely N-dealkylation sites (tertiary alicyclic amines) is 1. The zero-order chi connectivity index (χ0) is 16.8. The highest BCUT2D eigenvalue weighted by Crippen LogP contribution is 2.25. The van der Waals surface area contributed by atoms with E-state index in [0.29, 0.717) is 31.0 Å². The first-order valence-electron chi connectivity index (χ1n) is 8.69. The number of aromatic nitrogens is 2. The molecular formula is C17H26Cl2N6O. The van der Waals surface area contributed by atoms with Crippen LogP contribution in [0.5, 0.6) is 0 Å². The second-order valence-electron chi connectivity index (χ2n) is 6.58. The largest absolute Gasteiger partial charge is 0.354 e. The van der Waals surface area contributed by atoms with Gasteiger partial charge in [-0.15, -0.1) is 24.8 Å². The van der Waals surface area contributed by atoms with Crippen molar-refractivity contribution >= 4 is 36.7 Å². The first-order valence-corrected chi connectivity index (χ1v) is 8.69. The highest BCUT2D eigenvalue weighted by Gasteiger charge is 2.30. The van der Waals surface area contributed by atoms with Crippen LogP contribution < -0.4 is 10.6 Å². The van der Waals surface area contributed by atoms with Crippen LogP contribution in [-0.4, -0.2) is 52.5 Å². The van der Waals surface area contributed by atoms with Crippen LogP contribution in [0.3, 0.4) is 0 Å². The summed E-state index contributed by atoms with van der Waals surface area (Å²) in [5.74, 6) is 1.29. The molecule has 1 aromatic heterocycles. The maximum atomic E-state index is 12.2. The van der Waals surface area contributed by atoms with Gasteiger partial charge in [-0.25, -0.2) is 9.97 Å². The average molecular weight is 401 g/mol. The van der Waals surface area contributed by atoms with Crippen LogP contribution in [0.4, 0.5) is 5.95 Å². The topological polar surface area (TPSA) is 93.9 Å². The molecular weight excluding hydrogens is 375 g/mol. The van der Waals surface area contributed by atoms with Gasteiger partial charge >= 0.3 is 0 Å². The SMILES string of the molecule is Cl.Cl.N#C[C@@H]1CCCN1C(=O)CNC1CCC(CNc2ncccn2)C1. The predicted octanol–water partition coefficient (Wildman–Crippen LogP) is 2.00. The molecule has 2 unspecified atom stereocenters.